The van der Waals surface area contributed by atoms with Gasteiger partial charge in [-0.2, -0.15) is 0 Å². The van der Waals surface area contributed by atoms with Crippen molar-refractivity contribution in [1.29, 1.82) is 0 Å². The SMILES string of the molecule is Cc1cccc(Cc2cc(C)nc(C3CCCN(CC(=O)Nc4nonc4C)C3)c2)c1. The number of likely N-dealkylation sites (tertiary alicyclic amines) is 1. The molecule has 1 fully saturated rings. The second kappa shape index (κ2) is 9.39. The van der Waals surface area contributed by atoms with Gasteiger partial charge in [0.05, 0.1) is 6.54 Å². The summed E-state index contributed by atoms with van der Waals surface area (Å²) in [6.07, 6.45) is 3.04. The Morgan fingerprint density at radius 1 is 1.16 bits per heavy atom. The minimum absolute atomic E-state index is 0.100. The van der Waals surface area contributed by atoms with Crippen LogP contribution < -0.4 is 5.32 Å². The van der Waals surface area contributed by atoms with E-state index in [1.54, 1.807) is 6.92 Å². The summed E-state index contributed by atoms with van der Waals surface area (Å²) in [4.78, 5) is 19.5. The van der Waals surface area contributed by atoms with Crippen molar-refractivity contribution in [2.24, 2.45) is 0 Å². The van der Waals surface area contributed by atoms with Crippen LogP contribution >= 0.6 is 0 Å². The highest BCUT2D eigenvalue weighted by molar-refractivity contribution is 5.91. The molecular formula is C24H29N5O2. The van der Waals surface area contributed by atoms with Gasteiger partial charge in [0.15, 0.2) is 5.82 Å². The molecular weight excluding hydrogens is 390 g/mol. The molecule has 4 rings (SSSR count). The number of aryl methyl sites for hydroxylation is 3. The van der Waals surface area contributed by atoms with Gasteiger partial charge in [0, 0.05) is 23.9 Å². The molecule has 0 radical (unpaired) electrons. The smallest absolute Gasteiger partial charge is 0.239 e. The second-order valence-electron chi connectivity index (χ2n) is 8.53. The Labute approximate surface area is 182 Å². The first-order valence-corrected chi connectivity index (χ1v) is 10.8. The number of nitrogens with one attached hydrogen (secondary N) is 1. The van der Waals surface area contributed by atoms with Gasteiger partial charge in [-0.15, -0.1) is 0 Å². The highest BCUT2D eigenvalue weighted by Gasteiger charge is 2.25. The molecule has 3 aromatic rings. The van der Waals surface area contributed by atoms with Crippen molar-refractivity contribution >= 4 is 11.7 Å². The highest BCUT2D eigenvalue weighted by atomic mass is 16.6. The van der Waals surface area contributed by atoms with Gasteiger partial charge >= 0.3 is 0 Å². The van der Waals surface area contributed by atoms with Gasteiger partial charge in [0.1, 0.15) is 5.69 Å². The lowest BCUT2D eigenvalue weighted by Gasteiger charge is -2.32. The van der Waals surface area contributed by atoms with Crippen LogP contribution in [-0.2, 0) is 11.2 Å². The summed E-state index contributed by atoms with van der Waals surface area (Å²) < 4.78 is 4.65. The van der Waals surface area contributed by atoms with Gasteiger partial charge in [0.2, 0.25) is 5.91 Å². The van der Waals surface area contributed by atoms with Crippen LogP contribution in [0.15, 0.2) is 41.0 Å². The van der Waals surface area contributed by atoms with Gasteiger partial charge in [-0.1, -0.05) is 35.0 Å². The van der Waals surface area contributed by atoms with Gasteiger partial charge < -0.3 is 5.32 Å². The number of pyridine rings is 1. The summed E-state index contributed by atoms with van der Waals surface area (Å²) in [6.45, 7) is 7.99. The van der Waals surface area contributed by atoms with Crippen molar-refractivity contribution in [3.05, 3.63) is 70.2 Å². The molecule has 7 nitrogen and oxygen atoms in total. The topological polar surface area (TPSA) is 84.2 Å². The molecule has 0 saturated carbocycles. The van der Waals surface area contributed by atoms with E-state index >= 15 is 0 Å². The molecule has 7 heteroatoms. The van der Waals surface area contributed by atoms with Crippen molar-refractivity contribution in [3.8, 4) is 0 Å². The van der Waals surface area contributed by atoms with Crippen LogP contribution in [0.3, 0.4) is 0 Å². The molecule has 1 unspecified atom stereocenters. The third kappa shape index (κ3) is 5.55. The number of rotatable bonds is 6. The fourth-order valence-corrected chi connectivity index (χ4v) is 4.30. The quantitative estimate of drug-likeness (QED) is 0.654. The third-order valence-electron chi connectivity index (χ3n) is 5.73. The molecule has 1 aromatic carbocycles. The Balaban J connectivity index is 1.42. The first kappa shape index (κ1) is 21.2. The van der Waals surface area contributed by atoms with E-state index < -0.39 is 0 Å². The summed E-state index contributed by atoms with van der Waals surface area (Å²) in [5, 5.41) is 10.2. The third-order valence-corrected chi connectivity index (χ3v) is 5.73. The maximum absolute atomic E-state index is 12.4. The number of anilines is 1. The van der Waals surface area contributed by atoms with Crippen LogP contribution in [0.2, 0.25) is 0 Å². The zero-order valence-corrected chi connectivity index (χ0v) is 18.4. The van der Waals surface area contributed by atoms with E-state index in [2.05, 4.69) is 75.4 Å². The molecule has 1 N–H and O–H groups in total. The van der Waals surface area contributed by atoms with E-state index in [9.17, 15) is 4.79 Å². The first-order valence-electron chi connectivity index (χ1n) is 10.8. The number of aromatic nitrogens is 3. The van der Waals surface area contributed by atoms with Gasteiger partial charge in [-0.25, -0.2) is 4.63 Å². The number of piperidine rings is 1. The van der Waals surface area contributed by atoms with Crippen LogP contribution in [-0.4, -0.2) is 45.7 Å². The highest BCUT2D eigenvalue weighted by Crippen LogP contribution is 2.27. The molecule has 2 aromatic heterocycles. The maximum Gasteiger partial charge on any atom is 0.239 e. The molecule has 31 heavy (non-hydrogen) atoms. The molecule has 162 valence electrons. The van der Waals surface area contributed by atoms with Crippen molar-refractivity contribution < 1.29 is 9.42 Å². The fraction of sp³-hybridized carbons (Fsp3) is 0.417. The van der Waals surface area contributed by atoms with Gasteiger partial charge in [-0.3, -0.25) is 14.7 Å². The van der Waals surface area contributed by atoms with Crippen LogP contribution in [0.25, 0.3) is 0 Å². The van der Waals surface area contributed by atoms with Crippen LogP contribution in [0.1, 0.15) is 52.5 Å². The van der Waals surface area contributed by atoms with E-state index in [0.29, 0.717) is 24.0 Å². The Morgan fingerprint density at radius 2 is 2.03 bits per heavy atom. The van der Waals surface area contributed by atoms with E-state index in [0.717, 1.165) is 43.7 Å². The summed E-state index contributed by atoms with van der Waals surface area (Å²) in [6, 6.07) is 13.1. The summed E-state index contributed by atoms with van der Waals surface area (Å²) in [7, 11) is 0. The number of hydrogen-bond acceptors (Lipinski definition) is 6. The molecule has 0 spiro atoms. The second-order valence-corrected chi connectivity index (χ2v) is 8.53. The predicted molar refractivity (Wildman–Crippen MR) is 119 cm³/mol. The zero-order chi connectivity index (χ0) is 21.8. The molecule has 1 amide bonds. The molecule has 1 saturated heterocycles. The molecule has 1 atom stereocenters. The molecule has 0 bridgehead atoms. The Hall–Kier alpha value is -3.06. The number of nitrogens with zero attached hydrogens (tertiary/aromatic N) is 4. The first-order chi connectivity index (χ1) is 15.0. The lowest BCUT2D eigenvalue weighted by molar-refractivity contribution is -0.117. The normalized spacial score (nSPS) is 16.9. The zero-order valence-electron chi connectivity index (χ0n) is 18.4. The van der Waals surface area contributed by atoms with Crippen LogP contribution in [0, 0.1) is 20.8 Å². The lowest BCUT2D eigenvalue weighted by atomic mass is 9.92. The van der Waals surface area contributed by atoms with E-state index in [1.807, 2.05) is 0 Å². The van der Waals surface area contributed by atoms with E-state index in [4.69, 9.17) is 4.98 Å². The minimum Gasteiger partial charge on any atom is -0.305 e. The van der Waals surface area contributed by atoms with Crippen molar-refractivity contribution in [2.75, 3.05) is 25.0 Å². The number of hydrogen-bond donors (Lipinski definition) is 1. The van der Waals surface area contributed by atoms with E-state index in [1.165, 1.54) is 16.7 Å². The minimum atomic E-state index is -0.100. The Morgan fingerprint density at radius 3 is 2.81 bits per heavy atom. The lowest BCUT2D eigenvalue weighted by Crippen LogP contribution is -2.40. The number of benzene rings is 1. The molecule has 3 heterocycles. The van der Waals surface area contributed by atoms with Crippen molar-refractivity contribution in [3.63, 3.8) is 0 Å². The Kier molecular flexibility index (Phi) is 6.42. The van der Waals surface area contributed by atoms with Crippen molar-refractivity contribution in [1.82, 2.24) is 20.2 Å². The largest absolute Gasteiger partial charge is 0.305 e. The number of carbonyl (C=O) groups excluding carboxylic acids is 1. The maximum atomic E-state index is 12.4. The summed E-state index contributed by atoms with van der Waals surface area (Å²) in [5.74, 6) is 0.615. The number of amides is 1. The van der Waals surface area contributed by atoms with E-state index in [-0.39, 0.29) is 5.91 Å². The van der Waals surface area contributed by atoms with Gasteiger partial charge in [0.25, 0.3) is 0 Å². The summed E-state index contributed by atoms with van der Waals surface area (Å²) >= 11 is 0. The van der Waals surface area contributed by atoms with Gasteiger partial charge in [-0.05, 0) is 75.0 Å². The Bertz CT molecular complexity index is 1060. The molecule has 1 aliphatic rings. The number of carbonyl (C=O) groups is 1. The monoisotopic (exact) mass is 419 g/mol. The fourth-order valence-electron chi connectivity index (χ4n) is 4.30. The molecule has 0 aliphatic carbocycles. The average molecular weight is 420 g/mol. The van der Waals surface area contributed by atoms with Crippen molar-refractivity contribution in [2.45, 2.75) is 46.0 Å². The van der Waals surface area contributed by atoms with Crippen LogP contribution in [0.5, 0.6) is 0 Å². The van der Waals surface area contributed by atoms with Crippen LogP contribution in [0.4, 0.5) is 5.82 Å². The summed E-state index contributed by atoms with van der Waals surface area (Å²) in [5.41, 5.74) is 6.64. The standard InChI is InChI=1S/C24H29N5O2/c1-16-6-4-7-19(10-16)12-20-11-17(2)25-22(13-20)21-8-5-9-29(14-21)15-23(30)26-24-18(3)27-31-28-24/h4,6-7,10-11,13,21H,5,8-9,12,14-15H2,1-3H3,(H,26,28,30). The molecule has 1 aliphatic heterocycles. The average Bonchev–Trinajstić information content (AvgIpc) is 3.12. The predicted octanol–water partition coefficient (Wildman–Crippen LogP) is 3.80.